The summed E-state index contributed by atoms with van der Waals surface area (Å²) in [5.41, 5.74) is 1.11. The summed E-state index contributed by atoms with van der Waals surface area (Å²) in [6, 6.07) is 0.344. The second-order valence-electron chi connectivity index (χ2n) is 4.66. The SMILES string of the molecule is C[C@H]1COCCN1c1nc(Cl)nc2c1SCCC2. The van der Waals surface area contributed by atoms with Crippen LogP contribution in [0.3, 0.4) is 0 Å². The van der Waals surface area contributed by atoms with Gasteiger partial charge in [-0.25, -0.2) is 4.98 Å². The van der Waals surface area contributed by atoms with E-state index in [-0.39, 0.29) is 0 Å². The minimum absolute atomic E-state index is 0.344. The number of nitrogens with zero attached hydrogens (tertiary/aromatic N) is 3. The summed E-state index contributed by atoms with van der Waals surface area (Å²) >= 11 is 7.91. The maximum absolute atomic E-state index is 6.06. The van der Waals surface area contributed by atoms with Gasteiger partial charge >= 0.3 is 0 Å². The zero-order valence-electron chi connectivity index (χ0n) is 10.4. The largest absolute Gasteiger partial charge is 0.377 e. The molecule has 1 fully saturated rings. The van der Waals surface area contributed by atoms with Crippen molar-refractivity contribution in [1.29, 1.82) is 0 Å². The van der Waals surface area contributed by atoms with Crippen molar-refractivity contribution in [1.82, 2.24) is 9.97 Å². The number of ether oxygens (including phenoxy) is 1. The number of hydrogen-bond acceptors (Lipinski definition) is 5. The van der Waals surface area contributed by atoms with Crippen LogP contribution >= 0.6 is 23.4 Å². The van der Waals surface area contributed by atoms with Gasteiger partial charge in [0, 0.05) is 6.54 Å². The van der Waals surface area contributed by atoms with Gasteiger partial charge in [0.25, 0.3) is 0 Å². The van der Waals surface area contributed by atoms with Crippen LogP contribution in [-0.4, -0.2) is 41.5 Å². The zero-order chi connectivity index (χ0) is 12.5. The molecule has 18 heavy (non-hydrogen) atoms. The van der Waals surface area contributed by atoms with Crippen molar-refractivity contribution in [2.45, 2.75) is 30.7 Å². The molecule has 0 amide bonds. The van der Waals surface area contributed by atoms with Gasteiger partial charge in [-0.3, -0.25) is 0 Å². The lowest BCUT2D eigenvalue weighted by molar-refractivity contribution is 0.0982. The number of anilines is 1. The van der Waals surface area contributed by atoms with Gasteiger partial charge in [0.2, 0.25) is 5.28 Å². The van der Waals surface area contributed by atoms with E-state index in [0.717, 1.165) is 43.4 Å². The van der Waals surface area contributed by atoms with E-state index in [1.807, 2.05) is 11.8 Å². The van der Waals surface area contributed by atoms with E-state index in [1.54, 1.807) is 0 Å². The van der Waals surface area contributed by atoms with Gasteiger partial charge in [-0.15, -0.1) is 11.8 Å². The van der Waals surface area contributed by atoms with Crippen LogP contribution in [0.25, 0.3) is 0 Å². The Morgan fingerprint density at radius 1 is 1.44 bits per heavy atom. The van der Waals surface area contributed by atoms with Crippen LogP contribution in [0.15, 0.2) is 4.90 Å². The summed E-state index contributed by atoms with van der Waals surface area (Å²) < 4.78 is 5.48. The number of halogens is 1. The number of morpholine rings is 1. The number of fused-ring (bicyclic) bond motifs is 1. The van der Waals surface area contributed by atoms with Crippen LogP contribution in [0.4, 0.5) is 5.82 Å². The third-order valence-corrected chi connectivity index (χ3v) is 4.70. The number of aromatic nitrogens is 2. The van der Waals surface area contributed by atoms with Crippen molar-refractivity contribution in [3.05, 3.63) is 11.0 Å². The summed E-state index contributed by atoms with van der Waals surface area (Å²) in [6.07, 6.45) is 2.18. The average molecular weight is 286 g/mol. The Kier molecular flexibility index (Phi) is 3.63. The number of aryl methyl sites for hydroxylation is 1. The first-order valence-corrected chi connectivity index (χ1v) is 7.65. The molecule has 98 valence electrons. The molecule has 4 nitrogen and oxygen atoms in total. The summed E-state index contributed by atoms with van der Waals surface area (Å²) in [5, 5.41) is 0.366. The fraction of sp³-hybridized carbons (Fsp3) is 0.667. The van der Waals surface area contributed by atoms with Crippen molar-refractivity contribution in [3.8, 4) is 0 Å². The Bertz CT molecular complexity index is 457. The Balaban J connectivity index is 2.01. The molecule has 3 heterocycles. The molecule has 1 saturated heterocycles. The molecule has 0 unspecified atom stereocenters. The van der Waals surface area contributed by atoms with E-state index >= 15 is 0 Å². The zero-order valence-corrected chi connectivity index (χ0v) is 11.9. The highest BCUT2D eigenvalue weighted by Crippen LogP contribution is 2.37. The van der Waals surface area contributed by atoms with Crippen molar-refractivity contribution >= 4 is 29.2 Å². The van der Waals surface area contributed by atoms with Gasteiger partial charge in [-0.05, 0) is 37.1 Å². The Morgan fingerprint density at radius 2 is 2.33 bits per heavy atom. The van der Waals surface area contributed by atoms with Crippen LogP contribution in [0.2, 0.25) is 5.28 Å². The molecule has 1 aromatic rings. The molecular weight excluding hydrogens is 270 g/mol. The maximum atomic E-state index is 6.06. The first-order valence-electron chi connectivity index (χ1n) is 6.29. The summed E-state index contributed by atoms with van der Waals surface area (Å²) in [5.74, 6) is 2.15. The lowest BCUT2D eigenvalue weighted by Gasteiger charge is -2.36. The predicted molar refractivity (Wildman–Crippen MR) is 73.7 cm³/mol. The standard InChI is InChI=1S/C12H16ClN3OS/c1-8-7-17-5-4-16(8)11-10-9(3-2-6-18-10)14-12(13)15-11/h8H,2-7H2,1H3/t8-/m0/s1. The summed E-state index contributed by atoms with van der Waals surface area (Å²) in [7, 11) is 0. The third kappa shape index (κ3) is 2.31. The molecule has 0 N–H and O–H groups in total. The molecule has 0 spiro atoms. The van der Waals surface area contributed by atoms with Crippen molar-refractivity contribution in [3.63, 3.8) is 0 Å². The van der Waals surface area contributed by atoms with Gasteiger partial charge in [0.05, 0.1) is 29.8 Å². The minimum Gasteiger partial charge on any atom is -0.377 e. The highest BCUT2D eigenvalue weighted by Gasteiger charge is 2.26. The van der Waals surface area contributed by atoms with E-state index in [1.165, 1.54) is 11.3 Å². The minimum atomic E-state index is 0.344. The van der Waals surface area contributed by atoms with Crippen molar-refractivity contribution in [2.24, 2.45) is 0 Å². The van der Waals surface area contributed by atoms with Crippen LogP contribution in [0.5, 0.6) is 0 Å². The molecule has 2 aliphatic heterocycles. The van der Waals surface area contributed by atoms with E-state index in [9.17, 15) is 0 Å². The molecular formula is C12H16ClN3OS. The van der Waals surface area contributed by atoms with Crippen LogP contribution in [0, 0.1) is 0 Å². The van der Waals surface area contributed by atoms with Gasteiger partial charge in [-0.1, -0.05) is 0 Å². The predicted octanol–water partition coefficient (Wildman–Crippen LogP) is 2.39. The molecule has 0 radical (unpaired) electrons. The number of hydrogen-bond donors (Lipinski definition) is 0. The quantitative estimate of drug-likeness (QED) is 0.741. The van der Waals surface area contributed by atoms with E-state index < -0.39 is 0 Å². The molecule has 0 saturated carbocycles. The highest BCUT2D eigenvalue weighted by atomic mass is 35.5. The molecule has 1 atom stereocenters. The second-order valence-corrected chi connectivity index (χ2v) is 6.10. The second kappa shape index (κ2) is 5.23. The summed E-state index contributed by atoms with van der Waals surface area (Å²) in [4.78, 5) is 12.4. The Morgan fingerprint density at radius 3 is 3.17 bits per heavy atom. The first-order chi connectivity index (χ1) is 8.75. The summed E-state index contributed by atoms with van der Waals surface area (Å²) in [6.45, 7) is 4.54. The third-order valence-electron chi connectivity index (χ3n) is 3.33. The molecule has 3 rings (SSSR count). The first kappa shape index (κ1) is 12.5. The number of thioether (sulfide) groups is 1. The Labute approximate surface area is 116 Å². The molecule has 0 bridgehead atoms. The van der Waals surface area contributed by atoms with Crippen molar-refractivity contribution < 1.29 is 4.74 Å². The van der Waals surface area contributed by atoms with E-state index in [4.69, 9.17) is 16.3 Å². The number of rotatable bonds is 1. The maximum Gasteiger partial charge on any atom is 0.224 e. The lowest BCUT2D eigenvalue weighted by Crippen LogP contribution is -2.44. The van der Waals surface area contributed by atoms with E-state index in [0.29, 0.717) is 11.3 Å². The molecule has 6 heteroatoms. The van der Waals surface area contributed by atoms with Crippen LogP contribution in [-0.2, 0) is 11.2 Å². The molecule has 0 aliphatic carbocycles. The monoisotopic (exact) mass is 285 g/mol. The average Bonchev–Trinajstić information content (AvgIpc) is 2.38. The van der Waals surface area contributed by atoms with Gasteiger partial charge in [-0.2, -0.15) is 4.98 Å². The fourth-order valence-corrected chi connectivity index (χ4v) is 3.70. The molecule has 0 aromatic carbocycles. The lowest BCUT2D eigenvalue weighted by atomic mass is 10.2. The van der Waals surface area contributed by atoms with Crippen LogP contribution < -0.4 is 4.90 Å². The van der Waals surface area contributed by atoms with Gasteiger partial charge in [0.1, 0.15) is 5.82 Å². The normalized spacial score (nSPS) is 23.9. The van der Waals surface area contributed by atoms with E-state index in [2.05, 4.69) is 21.8 Å². The topological polar surface area (TPSA) is 38.2 Å². The fourth-order valence-electron chi connectivity index (χ4n) is 2.42. The van der Waals surface area contributed by atoms with Gasteiger partial charge in [0.15, 0.2) is 0 Å². The Hall–Kier alpha value is -0.520. The van der Waals surface area contributed by atoms with Crippen molar-refractivity contribution in [2.75, 3.05) is 30.4 Å². The molecule has 1 aromatic heterocycles. The smallest absolute Gasteiger partial charge is 0.224 e. The highest BCUT2D eigenvalue weighted by molar-refractivity contribution is 7.99. The van der Waals surface area contributed by atoms with Gasteiger partial charge < -0.3 is 9.64 Å². The van der Waals surface area contributed by atoms with Crippen LogP contribution in [0.1, 0.15) is 19.0 Å². The molecule has 2 aliphatic rings.